The van der Waals surface area contributed by atoms with Gasteiger partial charge in [0.05, 0.1) is 8.07 Å². The van der Waals surface area contributed by atoms with Crippen LogP contribution in [0.25, 0.3) is 0 Å². The van der Waals surface area contributed by atoms with Crippen LogP contribution >= 0.6 is 8.58 Å². The fraction of sp³-hybridized carbons (Fsp3) is 0.208. The number of ketones is 1. The number of Topliss-reactive ketones (excluding diaryl/α,β-unsaturated/α-hetero) is 1. The highest BCUT2D eigenvalue weighted by Gasteiger charge is 2.24. The van der Waals surface area contributed by atoms with Gasteiger partial charge in [-0.25, -0.2) is 0 Å². The summed E-state index contributed by atoms with van der Waals surface area (Å²) in [5, 5.41) is 3.57. The van der Waals surface area contributed by atoms with Gasteiger partial charge in [-0.15, -0.1) is 0 Å². The topological polar surface area (TPSA) is 26.3 Å². The van der Waals surface area contributed by atoms with Crippen LogP contribution in [0.1, 0.15) is 22.8 Å². The van der Waals surface area contributed by atoms with Gasteiger partial charge < -0.3 is 4.74 Å². The standard InChI is InChI=1S/C24H27O2PSi/c1-18(25)20-13-8-9-14-21(20)27-22-15-10-16-23(28(2,3)4)24(22)26-17-19-11-6-5-7-12-19/h5-16,27H,17H2,1-4H3. The van der Waals surface area contributed by atoms with E-state index in [0.29, 0.717) is 15.2 Å². The predicted octanol–water partition coefficient (Wildman–Crippen LogP) is 4.64. The van der Waals surface area contributed by atoms with E-state index in [9.17, 15) is 4.79 Å². The minimum absolute atomic E-state index is 0.108. The predicted molar refractivity (Wildman–Crippen MR) is 124 cm³/mol. The van der Waals surface area contributed by atoms with Crippen LogP contribution < -0.4 is 20.5 Å². The van der Waals surface area contributed by atoms with E-state index in [1.807, 2.05) is 36.4 Å². The van der Waals surface area contributed by atoms with Crippen LogP contribution in [0.4, 0.5) is 0 Å². The van der Waals surface area contributed by atoms with E-state index in [1.165, 1.54) is 10.5 Å². The molecule has 0 aliphatic heterocycles. The summed E-state index contributed by atoms with van der Waals surface area (Å²) >= 11 is 0. The summed E-state index contributed by atoms with van der Waals surface area (Å²) in [5.74, 6) is 1.11. The first kappa shape index (κ1) is 20.5. The minimum atomic E-state index is -1.59. The Morgan fingerprint density at radius 2 is 1.50 bits per heavy atom. The van der Waals surface area contributed by atoms with Crippen molar-refractivity contribution in [2.45, 2.75) is 33.2 Å². The highest BCUT2D eigenvalue weighted by molar-refractivity contribution is 7.56. The van der Waals surface area contributed by atoms with Crippen LogP contribution in [0.2, 0.25) is 19.6 Å². The normalized spacial score (nSPS) is 11.7. The molecule has 144 valence electrons. The Kier molecular flexibility index (Phi) is 6.48. The number of hydrogen-bond donors (Lipinski definition) is 0. The quantitative estimate of drug-likeness (QED) is 0.325. The zero-order valence-electron chi connectivity index (χ0n) is 17.0. The monoisotopic (exact) mass is 406 g/mol. The Morgan fingerprint density at radius 3 is 2.18 bits per heavy atom. The first-order chi connectivity index (χ1) is 13.4. The number of carbonyl (C=O) groups excluding carboxylic acids is 1. The maximum Gasteiger partial charge on any atom is 0.160 e. The molecule has 0 spiro atoms. The molecule has 2 nitrogen and oxygen atoms in total. The Bertz CT molecular complexity index is 962. The molecule has 0 aliphatic rings. The van der Waals surface area contributed by atoms with Crippen molar-refractivity contribution in [1.82, 2.24) is 0 Å². The molecule has 3 rings (SSSR count). The highest BCUT2D eigenvalue weighted by atomic mass is 31.1. The van der Waals surface area contributed by atoms with Gasteiger partial charge in [0.1, 0.15) is 12.4 Å². The van der Waals surface area contributed by atoms with Gasteiger partial charge in [0, 0.05) is 10.9 Å². The molecule has 0 aliphatic carbocycles. The average Bonchev–Trinajstić information content (AvgIpc) is 2.67. The van der Waals surface area contributed by atoms with Crippen molar-refractivity contribution in [3.05, 3.63) is 83.9 Å². The van der Waals surface area contributed by atoms with Crippen molar-refractivity contribution in [2.24, 2.45) is 0 Å². The smallest absolute Gasteiger partial charge is 0.160 e. The fourth-order valence-electron chi connectivity index (χ4n) is 3.16. The van der Waals surface area contributed by atoms with E-state index < -0.39 is 8.07 Å². The van der Waals surface area contributed by atoms with Crippen molar-refractivity contribution in [3.63, 3.8) is 0 Å². The second-order valence-corrected chi connectivity index (χ2v) is 14.3. The van der Waals surface area contributed by atoms with Crippen LogP contribution in [-0.2, 0) is 6.61 Å². The van der Waals surface area contributed by atoms with Crippen LogP contribution in [0.3, 0.4) is 0 Å². The first-order valence-corrected chi connectivity index (χ1v) is 14.0. The molecule has 0 amide bonds. The SMILES string of the molecule is CC(=O)c1ccccc1Pc1cccc([Si](C)(C)C)c1OCc1ccccc1. The van der Waals surface area contributed by atoms with Gasteiger partial charge in [-0.3, -0.25) is 4.79 Å². The zero-order chi connectivity index (χ0) is 20.1. The molecule has 0 radical (unpaired) electrons. The van der Waals surface area contributed by atoms with E-state index in [2.05, 4.69) is 56.0 Å². The molecule has 1 atom stereocenters. The Hall–Kier alpha value is -2.22. The van der Waals surface area contributed by atoms with Crippen LogP contribution in [0.5, 0.6) is 5.75 Å². The van der Waals surface area contributed by atoms with Gasteiger partial charge in [0.15, 0.2) is 5.78 Å². The van der Waals surface area contributed by atoms with E-state index >= 15 is 0 Å². The maximum absolute atomic E-state index is 12.1. The summed E-state index contributed by atoms with van der Waals surface area (Å²) in [6, 6.07) is 24.6. The highest BCUT2D eigenvalue weighted by Crippen LogP contribution is 2.23. The van der Waals surface area contributed by atoms with Gasteiger partial charge in [0.2, 0.25) is 0 Å². The molecular weight excluding hydrogens is 379 g/mol. The molecule has 0 heterocycles. The minimum Gasteiger partial charge on any atom is -0.488 e. The third-order valence-electron chi connectivity index (χ3n) is 4.62. The van der Waals surface area contributed by atoms with E-state index in [1.54, 1.807) is 6.92 Å². The lowest BCUT2D eigenvalue weighted by Gasteiger charge is -2.24. The molecule has 3 aromatic rings. The fourth-order valence-corrected chi connectivity index (χ4v) is 6.13. The van der Waals surface area contributed by atoms with Crippen molar-refractivity contribution < 1.29 is 9.53 Å². The summed E-state index contributed by atoms with van der Waals surface area (Å²) in [5.41, 5.74) is 1.96. The summed E-state index contributed by atoms with van der Waals surface area (Å²) in [4.78, 5) is 12.1. The number of hydrogen-bond acceptors (Lipinski definition) is 2. The molecule has 0 saturated heterocycles. The van der Waals surface area contributed by atoms with Crippen molar-refractivity contribution in [1.29, 1.82) is 0 Å². The van der Waals surface area contributed by atoms with Gasteiger partial charge in [-0.2, -0.15) is 0 Å². The Labute approximate surface area is 170 Å². The van der Waals surface area contributed by atoms with Gasteiger partial charge in [0.25, 0.3) is 0 Å². The van der Waals surface area contributed by atoms with Crippen molar-refractivity contribution in [3.8, 4) is 5.75 Å². The van der Waals surface area contributed by atoms with Gasteiger partial charge >= 0.3 is 0 Å². The molecule has 1 unspecified atom stereocenters. The van der Waals surface area contributed by atoms with Crippen LogP contribution in [-0.4, -0.2) is 13.9 Å². The molecule has 4 heteroatoms. The first-order valence-electron chi connectivity index (χ1n) is 9.53. The molecule has 0 fully saturated rings. The number of carbonyl (C=O) groups is 1. The van der Waals surface area contributed by atoms with Gasteiger partial charge in [-0.1, -0.05) is 101 Å². The third kappa shape index (κ3) is 4.98. The van der Waals surface area contributed by atoms with E-state index in [0.717, 1.165) is 22.2 Å². The molecule has 0 aromatic heterocycles. The average molecular weight is 407 g/mol. The van der Waals surface area contributed by atoms with E-state index in [-0.39, 0.29) is 5.78 Å². The number of rotatable bonds is 7. The molecule has 0 bridgehead atoms. The van der Waals surface area contributed by atoms with Crippen molar-refractivity contribution >= 4 is 38.2 Å². The number of ether oxygens (including phenoxy) is 1. The molecule has 0 N–H and O–H groups in total. The zero-order valence-corrected chi connectivity index (χ0v) is 19.0. The maximum atomic E-state index is 12.1. The second kappa shape index (κ2) is 8.85. The second-order valence-electron chi connectivity index (χ2n) is 7.93. The lowest BCUT2D eigenvalue weighted by atomic mass is 10.1. The van der Waals surface area contributed by atoms with Gasteiger partial charge in [-0.05, 0) is 23.0 Å². The Balaban J connectivity index is 2.00. The number of benzene rings is 3. The summed E-state index contributed by atoms with van der Waals surface area (Å²) in [6.45, 7) is 9.21. The molecule has 3 aromatic carbocycles. The lowest BCUT2D eigenvalue weighted by Crippen LogP contribution is -2.40. The summed E-state index contributed by atoms with van der Waals surface area (Å²) in [6.07, 6.45) is 0. The number of para-hydroxylation sites is 1. The van der Waals surface area contributed by atoms with Crippen LogP contribution in [0, 0.1) is 0 Å². The summed E-state index contributed by atoms with van der Waals surface area (Å²) < 4.78 is 6.41. The molecule has 28 heavy (non-hydrogen) atoms. The summed E-state index contributed by atoms with van der Waals surface area (Å²) in [7, 11) is -1.20. The van der Waals surface area contributed by atoms with Crippen LogP contribution in [0.15, 0.2) is 72.8 Å². The third-order valence-corrected chi connectivity index (χ3v) is 8.00. The molecule has 0 saturated carbocycles. The largest absolute Gasteiger partial charge is 0.488 e. The van der Waals surface area contributed by atoms with Crippen molar-refractivity contribution in [2.75, 3.05) is 0 Å². The lowest BCUT2D eigenvalue weighted by molar-refractivity contribution is 0.101. The molecular formula is C24H27O2PSi. The van der Waals surface area contributed by atoms with E-state index in [4.69, 9.17) is 4.74 Å². The Morgan fingerprint density at radius 1 is 0.857 bits per heavy atom.